The fraction of sp³-hybridized carbons (Fsp3) is 0.286. The first-order valence-corrected chi connectivity index (χ1v) is 6.63. The second-order valence-electron chi connectivity index (χ2n) is 4.72. The number of nitrogens with one attached hydrogen (secondary N) is 2. The van der Waals surface area contributed by atoms with Crippen LogP contribution in [0.1, 0.15) is 5.56 Å². The van der Waals surface area contributed by atoms with Gasteiger partial charge >= 0.3 is 12.1 Å². The fourth-order valence-electron chi connectivity index (χ4n) is 2.21. The van der Waals surface area contributed by atoms with Crippen LogP contribution in [-0.4, -0.2) is 42.2 Å². The lowest BCUT2D eigenvalue weighted by Gasteiger charge is -2.15. The zero-order valence-electron chi connectivity index (χ0n) is 12.5. The van der Waals surface area contributed by atoms with Crippen LogP contribution in [0.5, 0.6) is 0 Å². The Balaban J connectivity index is 2.33. The number of nitro benzene ring substituents is 1. The first kappa shape index (κ1) is 16.3. The summed E-state index contributed by atoms with van der Waals surface area (Å²) in [4.78, 5) is 36.5. The number of aromatic nitrogens is 1. The second kappa shape index (κ2) is 6.77. The van der Waals surface area contributed by atoms with Crippen molar-refractivity contribution < 1.29 is 24.0 Å². The maximum atomic E-state index is 11.8. The maximum Gasteiger partial charge on any atom is 0.407 e. The van der Waals surface area contributed by atoms with Gasteiger partial charge < -0.3 is 19.8 Å². The number of aromatic amines is 1. The number of fused-ring (bicyclic) bond motifs is 1. The number of carbonyl (C=O) groups is 2. The van der Waals surface area contributed by atoms with Crippen molar-refractivity contribution in [3.63, 3.8) is 0 Å². The largest absolute Gasteiger partial charge is 0.467 e. The van der Waals surface area contributed by atoms with E-state index in [0.29, 0.717) is 16.5 Å². The zero-order chi connectivity index (χ0) is 17.0. The van der Waals surface area contributed by atoms with E-state index in [4.69, 9.17) is 0 Å². The van der Waals surface area contributed by atoms with Crippen molar-refractivity contribution in [2.45, 2.75) is 12.5 Å². The minimum atomic E-state index is -0.967. The normalized spacial score (nSPS) is 11.7. The number of H-pyrrole nitrogens is 1. The third kappa shape index (κ3) is 3.57. The molecule has 1 aromatic heterocycles. The van der Waals surface area contributed by atoms with Gasteiger partial charge in [-0.25, -0.2) is 9.59 Å². The molecule has 1 unspecified atom stereocenters. The van der Waals surface area contributed by atoms with Crippen molar-refractivity contribution in [3.8, 4) is 0 Å². The predicted molar refractivity (Wildman–Crippen MR) is 80.0 cm³/mol. The highest BCUT2D eigenvalue weighted by molar-refractivity contribution is 5.87. The highest BCUT2D eigenvalue weighted by atomic mass is 16.6. The summed E-state index contributed by atoms with van der Waals surface area (Å²) in [6.07, 6.45) is 0.956. The van der Waals surface area contributed by atoms with Gasteiger partial charge in [-0.1, -0.05) is 0 Å². The number of esters is 1. The first-order valence-electron chi connectivity index (χ1n) is 6.63. The molecule has 0 saturated carbocycles. The van der Waals surface area contributed by atoms with Gasteiger partial charge in [0.2, 0.25) is 0 Å². The molecule has 1 aromatic carbocycles. The van der Waals surface area contributed by atoms with E-state index in [-0.39, 0.29) is 12.1 Å². The van der Waals surface area contributed by atoms with Crippen LogP contribution < -0.4 is 5.32 Å². The molecule has 0 aliphatic rings. The molecule has 0 bridgehead atoms. The standard InChI is InChI=1S/C14H15N3O6/c1-22-13(18)12(16-14(19)23-2)5-8-7-15-11-4-3-9(17(20)21)6-10(8)11/h3-4,6-7,12,15H,5H2,1-2H3,(H,16,19). The van der Waals surface area contributed by atoms with Gasteiger partial charge in [0.15, 0.2) is 0 Å². The fourth-order valence-corrected chi connectivity index (χ4v) is 2.21. The number of nitrogens with zero attached hydrogens (tertiary/aromatic N) is 1. The number of amides is 1. The van der Waals surface area contributed by atoms with Crippen LogP contribution in [0.25, 0.3) is 10.9 Å². The van der Waals surface area contributed by atoms with E-state index < -0.39 is 23.0 Å². The van der Waals surface area contributed by atoms with E-state index in [1.54, 1.807) is 12.3 Å². The van der Waals surface area contributed by atoms with Gasteiger partial charge in [0.1, 0.15) is 6.04 Å². The number of carbonyl (C=O) groups excluding carboxylic acids is 2. The number of alkyl carbamates (subject to hydrolysis) is 1. The molecule has 2 N–H and O–H groups in total. The Kier molecular flexibility index (Phi) is 4.79. The maximum absolute atomic E-state index is 11.8. The molecule has 0 aliphatic heterocycles. The van der Waals surface area contributed by atoms with Crippen molar-refractivity contribution in [2.75, 3.05) is 14.2 Å². The SMILES string of the molecule is COC(=O)NC(Cc1c[nH]c2ccc([N+](=O)[O-])cc12)C(=O)OC. The van der Waals surface area contributed by atoms with Crippen LogP contribution in [0.2, 0.25) is 0 Å². The Bertz CT molecular complexity index is 754. The van der Waals surface area contributed by atoms with Gasteiger partial charge in [0.25, 0.3) is 5.69 Å². The highest BCUT2D eigenvalue weighted by Gasteiger charge is 2.24. The number of nitro groups is 1. The summed E-state index contributed by atoms with van der Waals surface area (Å²) in [6, 6.07) is 3.41. The smallest absolute Gasteiger partial charge is 0.407 e. The van der Waals surface area contributed by atoms with Crippen molar-refractivity contribution >= 4 is 28.7 Å². The molecular formula is C14H15N3O6. The Morgan fingerprint density at radius 2 is 2.09 bits per heavy atom. The molecule has 0 aliphatic carbocycles. The number of non-ortho nitro benzene ring substituents is 1. The monoisotopic (exact) mass is 321 g/mol. The molecule has 0 radical (unpaired) electrons. The van der Waals surface area contributed by atoms with Crippen molar-refractivity contribution in [3.05, 3.63) is 40.1 Å². The molecule has 0 fully saturated rings. The quantitative estimate of drug-likeness (QED) is 0.489. The number of benzene rings is 1. The number of methoxy groups -OCH3 is 2. The van der Waals surface area contributed by atoms with Gasteiger partial charge in [-0.15, -0.1) is 0 Å². The van der Waals surface area contributed by atoms with Crippen molar-refractivity contribution in [1.82, 2.24) is 10.3 Å². The van der Waals surface area contributed by atoms with Crippen molar-refractivity contribution in [1.29, 1.82) is 0 Å². The zero-order valence-corrected chi connectivity index (χ0v) is 12.5. The average Bonchev–Trinajstić information content (AvgIpc) is 2.95. The van der Waals surface area contributed by atoms with E-state index in [0.717, 1.165) is 0 Å². The number of rotatable bonds is 5. The molecule has 23 heavy (non-hydrogen) atoms. The van der Waals surface area contributed by atoms with Gasteiger partial charge in [0.05, 0.1) is 19.1 Å². The summed E-state index contributed by atoms with van der Waals surface area (Å²) in [5.74, 6) is -0.643. The van der Waals surface area contributed by atoms with Crippen molar-refractivity contribution in [2.24, 2.45) is 0 Å². The molecule has 1 atom stereocenters. The Morgan fingerprint density at radius 3 is 2.70 bits per heavy atom. The molecule has 0 saturated heterocycles. The van der Waals surface area contributed by atoms with E-state index in [1.165, 1.54) is 26.4 Å². The third-order valence-corrected chi connectivity index (χ3v) is 3.35. The number of hydrogen-bond donors (Lipinski definition) is 2. The molecule has 9 nitrogen and oxygen atoms in total. The van der Waals surface area contributed by atoms with Crippen LogP contribution in [-0.2, 0) is 20.7 Å². The minimum Gasteiger partial charge on any atom is -0.467 e. The van der Waals surface area contributed by atoms with Gasteiger partial charge in [-0.2, -0.15) is 0 Å². The van der Waals surface area contributed by atoms with Crippen LogP contribution in [0.3, 0.4) is 0 Å². The number of ether oxygens (including phenoxy) is 2. The molecule has 1 heterocycles. The summed E-state index contributed by atoms with van der Waals surface area (Å²) < 4.78 is 9.13. The predicted octanol–water partition coefficient (Wildman–Crippen LogP) is 1.52. The molecule has 2 rings (SSSR count). The summed E-state index contributed by atoms with van der Waals surface area (Å²) in [7, 11) is 2.38. The van der Waals surface area contributed by atoms with E-state index in [2.05, 4.69) is 19.8 Å². The summed E-state index contributed by atoms with van der Waals surface area (Å²) in [6.45, 7) is 0. The third-order valence-electron chi connectivity index (χ3n) is 3.35. The minimum absolute atomic E-state index is 0.0612. The highest BCUT2D eigenvalue weighted by Crippen LogP contribution is 2.24. The summed E-state index contributed by atoms with van der Waals surface area (Å²) >= 11 is 0. The lowest BCUT2D eigenvalue weighted by molar-refractivity contribution is -0.384. The topological polar surface area (TPSA) is 124 Å². The Labute approximate surface area is 130 Å². The molecule has 0 spiro atoms. The van der Waals surface area contributed by atoms with E-state index in [9.17, 15) is 19.7 Å². The summed E-state index contributed by atoms with van der Waals surface area (Å²) in [5.41, 5.74) is 1.26. The van der Waals surface area contributed by atoms with Crippen LogP contribution >= 0.6 is 0 Å². The summed E-state index contributed by atoms with van der Waals surface area (Å²) in [5, 5.41) is 13.9. The van der Waals surface area contributed by atoms with E-state index >= 15 is 0 Å². The van der Waals surface area contributed by atoms with E-state index in [1.807, 2.05) is 0 Å². The van der Waals surface area contributed by atoms with Gasteiger partial charge in [0, 0.05) is 35.7 Å². The van der Waals surface area contributed by atoms with Crippen LogP contribution in [0.4, 0.5) is 10.5 Å². The average molecular weight is 321 g/mol. The first-order chi connectivity index (χ1) is 11.0. The lowest BCUT2D eigenvalue weighted by atomic mass is 10.0. The lowest BCUT2D eigenvalue weighted by Crippen LogP contribution is -2.42. The molecule has 1 amide bonds. The van der Waals surface area contributed by atoms with Crippen LogP contribution in [0, 0.1) is 10.1 Å². The Morgan fingerprint density at radius 1 is 1.35 bits per heavy atom. The second-order valence-corrected chi connectivity index (χ2v) is 4.72. The Hall–Kier alpha value is -3.10. The molecule has 9 heteroatoms. The van der Waals surface area contributed by atoms with Gasteiger partial charge in [-0.3, -0.25) is 10.1 Å². The number of hydrogen-bond acceptors (Lipinski definition) is 6. The van der Waals surface area contributed by atoms with Crippen LogP contribution in [0.15, 0.2) is 24.4 Å². The molecule has 122 valence electrons. The molecule has 2 aromatic rings. The molecular weight excluding hydrogens is 306 g/mol. The van der Waals surface area contributed by atoms with Gasteiger partial charge in [-0.05, 0) is 11.6 Å².